The van der Waals surface area contributed by atoms with Gasteiger partial charge in [-0.3, -0.25) is 9.67 Å². The maximum Gasteiger partial charge on any atom is 0.191 e. The van der Waals surface area contributed by atoms with Crippen molar-refractivity contribution in [1.82, 2.24) is 20.4 Å². The molecule has 0 saturated heterocycles. The molecule has 1 aliphatic carbocycles. The molecule has 138 valence electrons. The Morgan fingerprint density at radius 2 is 2.00 bits per heavy atom. The highest BCUT2D eigenvalue weighted by atomic mass is 127. The van der Waals surface area contributed by atoms with Crippen molar-refractivity contribution in [3.63, 3.8) is 0 Å². The van der Waals surface area contributed by atoms with Crippen molar-refractivity contribution < 1.29 is 4.74 Å². The Morgan fingerprint density at radius 1 is 1.38 bits per heavy atom. The molecular weight excluding hydrogens is 417 g/mol. The van der Waals surface area contributed by atoms with Gasteiger partial charge in [-0.1, -0.05) is 13.8 Å². The average molecular weight is 449 g/mol. The molecule has 1 aliphatic rings. The first-order valence-electron chi connectivity index (χ1n) is 8.17. The molecule has 1 aromatic heterocycles. The molecule has 6 nitrogen and oxygen atoms in total. The van der Waals surface area contributed by atoms with E-state index >= 15 is 0 Å². The Morgan fingerprint density at radius 3 is 2.42 bits per heavy atom. The Hall–Kier alpha value is -0.830. The summed E-state index contributed by atoms with van der Waals surface area (Å²) in [4.78, 5) is 4.36. The lowest BCUT2D eigenvalue weighted by Crippen LogP contribution is -2.69. The third kappa shape index (κ3) is 3.56. The van der Waals surface area contributed by atoms with Crippen LogP contribution in [0.4, 0.5) is 0 Å². The van der Waals surface area contributed by atoms with Crippen LogP contribution in [0.1, 0.15) is 44.1 Å². The number of hydrogen-bond donors (Lipinski definition) is 2. The summed E-state index contributed by atoms with van der Waals surface area (Å²) >= 11 is 0. The first kappa shape index (κ1) is 21.2. The lowest BCUT2D eigenvalue weighted by molar-refractivity contribution is -0.176. The van der Waals surface area contributed by atoms with Gasteiger partial charge in [0.25, 0.3) is 0 Å². The van der Waals surface area contributed by atoms with E-state index < -0.39 is 0 Å². The van der Waals surface area contributed by atoms with Crippen LogP contribution < -0.4 is 10.6 Å². The molecule has 0 aromatic carbocycles. The molecule has 0 aliphatic heterocycles. The van der Waals surface area contributed by atoms with Gasteiger partial charge in [0, 0.05) is 50.5 Å². The second-order valence-corrected chi connectivity index (χ2v) is 7.26. The minimum atomic E-state index is -0.0833. The quantitative estimate of drug-likeness (QED) is 0.422. The smallest absolute Gasteiger partial charge is 0.191 e. The third-order valence-electron chi connectivity index (χ3n) is 5.90. The number of hydrogen-bond acceptors (Lipinski definition) is 3. The number of ether oxygens (including phenoxy) is 1. The minimum Gasteiger partial charge on any atom is -0.378 e. The zero-order valence-corrected chi connectivity index (χ0v) is 18.5. The average Bonchev–Trinajstić information content (AvgIpc) is 2.75. The van der Waals surface area contributed by atoms with Crippen LogP contribution >= 0.6 is 24.0 Å². The van der Waals surface area contributed by atoms with Crippen LogP contribution in [-0.2, 0) is 18.3 Å². The lowest BCUT2D eigenvalue weighted by Gasteiger charge is -2.59. The predicted molar refractivity (Wildman–Crippen MR) is 109 cm³/mol. The zero-order chi connectivity index (χ0) is 17.4. The number of rotatable bonds is 4. The zero-order valence-electron chi connectivity index (χ0n) is 16.1. The van der Waals surface area contributed by atoms with Crippen LogP contribution in [-0.4, -0.2) is 41.5 Å². The summed E-state index contributed by atoms with van der Waals surface area (Å²) in [5.41, 5.74) is 3.44. The van der Waals surface area contributed by atoms with Gasteiger partial charge in [-0.2, -0.15) is 5.10 Å². The van der Waals surface area contributed by atoms with E-state index in [1.54, 1.807) is 14.2 Å². The topological polar surface area (TPSA) is 63.5 Å². The van der Waals surface area contributed by atoms with E-state index in [4.69, 9.17) is 4.74 Å². The molecule has 1 fully saturated rings. The van der Waals surface area contributed by atoms with E-state index in [2.05, 4.69) is 48.4 Å². The van der Waals surface area contributed by atoms with Crippen LogP contribution in [0.5, 0.6) is 0 Å². The molecule has 2 unspecified atom stereocenters. The summed E-state index contributed by atoms with van der Waals surface area (Å²) in [6, 6.07) is 0.342. The number of methoxy groups -OCH3 is 1. The Kier molecular flexibility index (Phi) is 6.71. The number of nitrogens with zero attached hydrogens (tertiary/aromatic N) is 3. The number of halogens is 1. The highest BCUT2D eigenvalue weighted by Crippen LogP contribution is 2.51. The second-order valence-electron chi connectivity index (χ2n) is 7.26. The molecule has 7 heteroatoms. The molecular formula is C17H32IN5O. The standard InChI is InChI=1S/C17H31N5O.HI/c1-11-13(12(2)22(7)21-11)10-19-15(18-6)20-14-9-17(5,23-8)16(14,3)4;/h14H,9-10H2,1-8H3,(H2,18,19,20);1H. The fraction of sp³-hybridized carbons (Fsp3) is 0.765. The van der Waals surface area contributed by atoms with Crippen molar-refractivity contribution in [3.8, 4) is 0 Å². The third-order valence-corrected chi connectivity index (χ3v) is 5.90. The number of aromatic nitrogens is 2. The van der Waals surface area contributed by atoms with Crippen LogP contribution in [0.15, 0.2) is 4.99 Å². The molecule has 0 bridgehead atoms. The summed E-state index contributed by atoms with van der Waals surface area (Å²) in [6.45, 7) is 11.5. The van der Waals surface area contributed by atoms with Crippen molar-refractivity contribution in [2.45, 2.75) is 59.2 Å². The Bertz CT molecular complexity index is 610. The number of aliphatic imine (C=N–C) groups is 1. The molecule has 1 aromatic rings. The maximum absolute atomic E-state index is 5.69. The first-order valence-corrected chi connectivity index (χ1v) is 8.17. The van der Waals surface area contributed by atoms with Gasteiger partial charge >= 0.3 is 0 Å². The van der Waals surface area contributed by atoms with Crippen LogP contribution in [0.25, 0.3) is 0 Å². The summed E-state index contributed by atoms with van der Waals surface area (Å²) in [5.74, 6) is 0.823. The van der Waals surface area contributed by atoms with Crippen molar-refractivity contribution in [2.24, 2.45) is 17.5 Å². The van der Waals surface area contributed by atoms with Crippen LogP contribution in [0.2, 0.25) is 0 Å². The van der Waals surface area contributed by atoms with E-state index in [0.29, 0.717) is 6.04 Å². The molecule has 1 saturated carbocycles. The maximum atomic E-state index is 5.69. The summed E-state index contributed by atoms with van der Waals surface area (Å²) in [6.07, 6.45) is 0.974. The molecule has 1 heterocycles. The fourth-order valence-electron chi connectivity index (χ4n) is 3.33. The van der Waals surface area contributed by atoms with Gasteiger partial charge in [0.1, 0.15) is 0 Å². The lowest BCUT2D eigenvalue weighted by atomic mass is 9.56. The summed E-state index contributed by atoms with van der Waals surface area (Å²) < 4.78 is 7.60. The summed E-state index contributed by atoms with van der Waals surface area (Å²) in [5, 5.41) is 11.4. The van der Waals surface area contributed by atoms with Crippen LogP contribution in [0.3, 0.4) is 0 Å². The molecule has 0 amide bonds. The number of nitrogens with one attached hydrogen (secondary N) is 2. The first-order chi connectivity index (χ1) is 10.7. The highest BCUT2D eigenvalue weighted by Gasteiger charge is 2.58. The van der Waals surface area contributed by atoms with Crippen LogP contribution in [0, 0.1) is 19.3 Å². The molecule has 2 rings (SSSR count). The van der Waals surface area contributed by atoms with Gasteiger partial charge in [0.15, 0.2) is 5.96 Å². The van der Waals surface area contributed by atoms with Gasteiger partial charge in [-0.05, 0) is 27.2 Å². The van der Waals surface area contributed by atoms with Gasteiger partial charge in [0.05, 0.1) is 11.3 Å². The SMILES string of the molecule is CN=C(NCc1c(C)nn(C)c1C)NC1CC(C)(OC)C1(C)C.I. The van der Waals surface area contributed by atoms with Gasteiger partial charge < -0.3 is 15.4 Å². The van der Waals surface area contributed by atoms with Crippen molar-refractivity contribution in [1.29, 1.82) is 0 Å². The largest absolute Gasteiger partial charge is 0.378 e. The monoisotopic (exact) mass is 449 g/mol. The van der Waals surface area contributed by atoms with Gasteiger partial charge in [0.2, 0.25) is 0 Å². The van der Waals surface area contributed by atoms with Crippen molar-refractivity contribution in [2.75, 3.05) is 14.2 Å². The molecule has 2 N–H and O–H groups in total. The predicted octanol–water partition coefficient (Wildman–Crippen LogP) is 2.52. The van der Waals surface area contributed by atoms with E-state index in [0.717, 1.165) is 24.6 Å². The van der Waals surface area contributed by atoms with Gasteiger partial charge in [-0.25, -0.2) is 0 Å². The normalized spacial score (nSPS) is 25.7. The minimum absolute atomic E-state index is 0. The Labute approximate surface area is 162 Å². The van der Waals surface area contributed by atoms with E-state index in [-0.39, 0.29) is 35.0 Å². The van der Waals surface area contributed by atoms with E-state index in [1.807, 2.05) is 18.7 Å². The van der Waals surface area contributed by atoms with Gasteiger partial charge in [-0.15, -0.1) is 24.0 Å². The molecule has 0 radical (unpaired) electrons. The van der Waals surface area contributed by atoms with Crippen molar-refractivity contribution in [3.05, 3.63) is 17.0 Å². The summed E-state index contributed by atoms with van der Waals surface area (Å²) in [7, 11) is 5.57. The molecule has 0 spiro atoms. The Balaban J connectivity index is 0.00000288. The molecule has 2 atom stereocenters. The highest BCUT2D eigenvalue weighted by molar-refractivity contribution is 14.0. The molecule has 24 heavy (non-hydrogen) atoms. The second kappa shape index (κ2) is 7.59. The number of aryl methyl sites for hydroxylation is 2. The van der Waals surface area contributed by atoms with E-state index in [1.165, 1.54) is 11.3 Å². The fourth-order valence-corrected chi connectivity index (χ4v) is 3.33. The van der Waals surface area contributed by atoms with E-state index in [9.17, 15) is 0 Å². The number of guanidine groups is 1. The van der Waals surface area contributed by atoms with Crippen molar-refractivity contribution >= 4 is 29.9 Å².